The minimum atomic E-state index is -4.56. The molecule has 28 heavy (non-hydrogen) atoms. The van der Waals surface area contributed by atoms with Crippen molar-refractivity contribution in [3.05, 3.63) is 54.5 Å². The topological polar surface area (TPSA) is 69.0 Å². The molecule has 0 amide bonds. The summed E-state index contributed by atoms with van der Waals surface area (Å²) < 4.78 is 47.6. The maximum atomic E-state index is 13.4. The molecule has 4 rings (SSSR count). The number of alkyl halides is 3. The predicted octanol–water partition coefficient (Wildman–Crippen LogP) is 2.66. The number of benzene rings is 1. The van der Waals surface area contributed by atoms with Gasteiger partial charge in [-0.3, -0.25) is 0 Å². The molecule has 0 N–H and O–H groups in total. The smallest absolute Gasteiger partial charge is 0.373 e. The molecule has 1 aliphatic rings. The summed E-state index contributed by atoms with van der Waals surface area (Å²) in [5.41, 5.74) is -0.432. The molecular weight excluding hydrogens is 373 g/mol. The Balaban J connectivity index is 1.64. The van der Waals surface area contributed by atoms with Gasteiger partial charge >= 0.3 is 6.18 Å². The molecule has 0 saturated carbocycles. The second kappa shape index (κ2) is 7.55. The van der Waals surface area contributed by atoms with Crippen molar-refractivity contribution < 1.29 is 17.9 Å². The minimum Gasteiger partial charge on any atom is -0.373 e. The Morgan fingerprint density at radius 3 is 2.68 bits per heavy atom. The zero-order valence-corrected chi connectivity index (χ0v) is 14.8. The Morgan fingerprint density at radius 1 is 1.14 bits per heavy atom. The van der Waals surface area contributed by atoms with Crippen LogP contribution < -0.4 is 4.90 Å². The molecule has 0 aliphatic carbocycles. The first-order valence-corrected chi connectivity index (χ1v) is 8.71. The van der Waals surface area contributed by atoms with Gasteiger partial charge in [0.1, 0.15) is 5.82 Å². The van der Waals surface area contributed by atoms with Crippen LogP contribution in [-0.4, -0.2) is 50.8 Å². The van der Waals surface area contributed by atoms with Gasteiger partial charge in [0.05, 0.1) is 25.5 Å². The first kappa shape index (κ1) is 18.4. The van der Waals surface area contributed by atoms with Crippen molar-refractivity contribution in [2.75, 3.05) is 24.6 Å². The lowest BCUT2D eigenvalue weighted by Crippen LogP contribution is -2.45. The first-order chi connectivity index (χ1) is 13.5. The summed E-state index contributed by atoms with van der Waals surface area (Å²) in [5, 5.41) is 7.65. The van der Waals surface area contributed by atoms with Crippen molar-refractivity contribution in [1.82, 2.24) is 25.0 Å². The number of nitrogens with zero attached hydrogens (tertiary/aromatic N) is 6. The molecule has 1 aromatic carbocycles. The highest BCUT2D eigenvalue weighted by Gasteiger charge is 2.35. The maximum Gasteiger partial charge on any atom is 0.433 e. The summed E-state index contributed by atoms with van der Waals surface area (Å²) in [7, 11) is 0. The Kier molecular flexibility index (Phi) is 4.95. The zero-order valence-electron chi connectivity index (χ0n) is 14.8. The zero-order chi connectivity index (χ0) is 19.6. The first-order valence-electron chi connectivity index (χ1n) is 8.71. The Morgan fingerprint density at radius 2 is 1.96 bits per heavy atom. The van der Waals surface area contributed by atoms with E-state index in [-0.39, 0.29) is 17.7 Å². The Hall–Kier alpha value is -3.01. The third-order valence-electron chi connectivity index (χ3n) is 4.36. The number of rotatable bonds is 4. The summed E-state index contributed by atoms with van der Waals surface area (Å²) in [6, 6.07) is 9.63. The molecule has 3 aromatic rings. The minimum absolute atomic E-state index is 0.0461. The van der Waals surface area contributed by atoms with Crippen LogP contribution in [0.3, 0.4) is 0 Å². The van der Waals surface area contributed by atoms with E-state index < -0.39 is 11.9 Å². The molecule has 1 saturated heterocycles. The van der Waals surface area contributed by atoms with Crippen molar-refractivity contribution in [2.45, 2.75) is 18.8 Å². The van der Waals surface area contributed by atoms with Gasteiger partial charge in [-0.15, -0.1) is 5.10 Å². The second-order valence-corrected chi connectivity index (χ2v) is 6.36. The number of aromatic nitrogens is 5. The van der Waals surface area contributed by atoms with E-state index in [0.29, 0.717) is 31.8 Å². The summed E-state index contributed by atoms with van der Waals surface area (Å²) in [4.78, 5) is 9.92. The number of halogens is 3. The number of hydrogen-bond donors (Lipinski definition) is 0. The fourth-order valence-corrected chi connectivity index (χ4v) is 3.03. The number of anilines is 1. The second-order valence-electron chi connectivity index (χ2n) is 6.36. The molecule has 1 fully saturated rings. The van der Waals surface area contributed by atoms with Crippen LogP contribution in [0.25, 0.3) is 11.4 Å². The lowest BCUT2D eigenvalue weighted by molar-refractivity contribution is -0.141. The van der Waals surface area contributed by atoms with Gasteiger partial charge in [-0.1, -0.05) is 35.5 Å². The van der Waals surface area contributed by atoms with E-state index in [1.807, 2.05) is 0 Å². The lowest BCUT2D eigenvalue weighted by atomic mass is 10.2. The average molecular weight is 390 g/mol. The van der Waals surface area contributed by atoms with Gasteiger partial charge in [0.25, 0.3) is 0 Å². The van der Waals surface area contributed by atoms with E-state index in [0.717, 1.165) is 6.07 Å². The van der Waals surface area contributed by atoms with Gasteiger partial charge in [-0.2, -0.15) is 13.2 Å². The van der Waals surface area contributed by atoms with Crippen LogP contribution >= 0.6 is 0 Å². The van der Waals surface area contributed by atoms with Crippen LogP contribution in [0.4, 0.5) is 19.0 Å². The molecule has 146 valence electrons. The van der Waals surface area contributed by atoms with Crippen molar-refractivity contribution in [2.24, 2.45) is 0 Å². The van der Waals surface area contributed by atoms with Crippen molar-refractivity contribution >= 4 is 5.82 Å². The molecule has 2 aromatic heterocycles. The number of hydrogen-bond acceptors (Lipinski definition) is 6. The highest BCUT2D eigenvalue weighted by molar-refractivity contribution is 5.58. The Labute approximate surface area is 158 Å². The summed E-state index contributed by atoms with van der Waals surface area (Å²) in [5.74, 6) is 0.276. The van der Waals surface area contributed by atoms with Crippen LogP contribution in [0.2, 0.25) is 0 Å². The van der Waals surface area contributed by atoms with Gasteiger partial charge in [-0.05, 0) is 0 Å². The molecular formula is C18H17F3N6O. The van der Waals surface area contributed by atoms with E-state index in [4.69, 9.17) is 4.74 Å². The van der Waals surface area contributed by atoms with E-state index in [2.05, 4.69) is 20.3 Å². The molecule has 3 heterocycles. The van der Waals surface area contributed by atoms with E-state index in [9.17, 15) is 13.2 Å². The van der Waals surface area contributed by atoms with Crippen molar-refractivity contribution in [1.29, 1.82) is 0 Å². The van der Waals surface area contributed by atoms with E-state index >= 15 is 0 Å². The fraction of sp³-hybridized carbons (Fsp3) is 0.333. The van der Waals surface area contributed by atoms with Gasteiger partial charge < -0.3 is 9.64 Å². The number of ether oxygens (including phenoxy) is 1. The van der Waals surface area contributed by atoms with Crippen LogP contribution in [-0.2, 0) is 17.5 Å². The summed E-state index contributed by atoms with van der Waals surface area (Å²) >= 11 is 0. The molecule has 7 nitrogen and oxygen atoms in total. The largest absolute Gasteiger partial charge is 0.433 e. The molecule has 1 unspecified atom stereocenters. The van der Waals surface area contributed by atoms with Crippen LogP contribution in [0, 0.1) is 0 Å². The van der Waals surface area contributed by atoms with Crippen molar-refractivity contribution in [3.8, 4) is 11.4 Å². The third-order valence-corrected chi connectivity index (χ3v) is 4.36. The van der Waals surface area contributed by atoms with Crippen LogP contribution in [0.1, 0.15) is 5.69 Å². The third kappa shape index (κ3) is 4.11. The lowest BCUT2D eigenvalue weighted by Gasteiger charge is -2.34. The van der Waals surface area contributed by atoms with Gasteiger partial charge in [0.2, 0.25) is 0 Å². The highest BCUT2D eigenvalue weighted by Crippen LogP contribution is 2.32. The predicted molar refractivity (Wildman–Crippen MR) is 94.4 cm³/mol. The molecule has 1 atom stereocenters. The van der Waals surface area contributed by atoms with E-state index in [1.54, 1.807) is 52.3 Å². The monoisotopic (exact) mass is 390 g/mol. The van der Waals surface area contributed by atoms with E-state index in [1.165, 1.54) is 0 Å². The highest BCUT2D eigenvalue weighted by atomic mass is 19.4. The molecule has 0 spiro atoms. The van der Waals surface area contributed by atoms with Gasteiger partial charge in [0.15, 0.2) is 11.5 Å². The quantitative estimate of drug-likeness (QED) is 0.682. The molecule has 1 aliphatic heterocycles. The van der Waals surface area contributed by atoms with Gasteiger partial charge in [-0.25, -0.2) is 14.6 Å². The summed E-state index contributed by atoms with van der Waals surface area (Å²) in [6.07, 6.45) is -1.53. The van der Waals surface area contributed by atoms with Crippen LogP contribution in [0.15, 0.2) is 48.8 Å². The van der Waals surface area contributed by atoms with Crippen molar-refractivity contribution in [3.63, 3.8) is 0 Å². The molecule has 0 bridgehead atoms. The fourth-order valence-electron chi connectivity index (χ4n) is 3.03. The SMILES string of the molecule is FC(F)(F)c1cc(N2CCOC(Cn3ccnn3)C2)nc(-c2ccccc2)n1. The maximum absolute atomic E-state index is 13.4. The summed E-state index contributed by atoms with van der Waals surface area (Å²) in [6.45, 7) is 1.67. The van der Waals surface area contributed by atoms with Gasteiger partial charge in [0, 0.05) is 30.9 Å². The standard InChI is InChI=1S/C18H17F3N6O/c19-18(20,21)15-10-16(24-17(23-15)13-4-2-1-3-5-13)26-8-9-28-14(11-26)12-27-7-6-22-25-27/h1-7,10,14H,8-9,11-12H2. The number of morpholine rings is 1. The van der Waals surface area contributed by atoms with Crippen LogP contribution in [0.5, 0.6) is 0 Å². The Bertz CT molecular complexity index is 917. The average Bonchev–Trinajstić information content (AvgIpc) is 3.21. The molecule has 0 radical (unpaired) electrons. The normalized spacial score (nSPS) is 17.7. The molecule has 10 heteroatoms.